The summed E-state index contributed by atoms with van der Waals surface area (Å²) >= 11 is 0. The van der Waals surface area contributed by atoms with Crippen molar-refractivity contribution in [2.75, 3.05) is 0 Å². The first-order valence-electron chi connectivity index (χ1n) is 15.0. The Morgan fingerprint density at radius 3 is 2.02 bits per heavy atom. The molecule has 232 valence electrons. The average Bonchev–Trinajstić information content (AvgIpc) is 2.96. The Bertz CT molecular complexity index is 1460. The second kappa shape index (κ2) is 12.9. The topological polar surface area (TPSA) is 9.23 Å². The van der Waals surface area contributed by atoms with Gasteiger partial charge in [-0.3, -0.25) is 0 Å². The number of ether oxygens (including phenoxy) is 1. The van der Waals surface area contributed by atoms with Gasteiger partial charge in [-0.15, -0.1) is 13.2 Å². The normalized spacial score (nSPS) is 20.6. The van der Waals surface area contributed by atoms with Gasteiger partial charge in [-0.05, 0) is 128 Å². The molecular weight excluding hydrogens is 576 g/mol. The van der Waals surface area contributed by atoms with Crippen LogP contribution >= 0.6 is 0 Å². The van der Waals surface area contributed by atoms with Crippen LogP contribution in [-0.4, -0.2) is 6.36 Å². The van der Waals surface area contributed by atoms with E-state index in [0.717, 1.165) is 18.6 Å². The van der Waals surface area contributed by atoms with Gasteiger partial charge in [0, 0.05) is 5.56 Å². The number of rotatable bonds is 8. The fourth-order valence-electron chi connectivity index (χ4n) is 6.90. The first-order chi connectivity index (χ1) is 20.4. The molecule has 1 fully saturated rings. The lowest BCUT2D eigenvalue weighted by molar-refractivity contribution is -0.275. The van der Waals surface area contributed by atoms with E-state index in [1.165, 1.54) is 12.1 Å². The molecule has 1 saturated carbocycles. The zero-order valence-corrected chi connectivity index (χ0v) is 23.9. The number of halogens is 8. The van der Waals surface area contributed by atoms with E-state index in [1.54, 1.807) is 12.1 Å². The average molecular weight is 611 g/mol. The minimum absolute atomic E-state index is 0.0699. The summed E-state index contributed by atoms with van der Waals surface area (Å²) in [6, 6.07) is 8.08. The molecule has 3 aromatic rings. The smallest absolute Gasteiger partial charge is 0.403 e. The minimum Gasteiger partial charge on any atom is -0.403 e. The summed E-state index contributed by atoms with van der Waals surface area (Å²) in [7, 11) is 0. The first kappa shape index (κ1) is 31.3. The highest BCUT2D eigenvalue weighted by molar-refractivity contribution is 5.40. The first-order valence-corrected chi connectivity index (χ1v) is 15.0. The van der Waals surface area contributed by atoms with Crippen LogP contribution in [0.25, 0.3) is 0 Å². The van der Waals surface area contributed by atoms with Crippen LogP contribution in [0.1, 0.15) is 97.1 Å². The van der Waals surface area contributed by atoms with Gasteiger partial charge in [-0.1, -0.05) is 31.5 Å². The molecule has 1 atom stereocenters. The fraction of sp³-hybridized carbons (Fsp3) is 0.471. The second-order valence-electron chi connectivity index (χ2n) is 11.9. The molecule has 3 aromatic carbocycles. The largest absolute Gasteiger partial charge is 0.573 e. The molecule has 1 nitrogen and oxygen atoms in total. The highest BCUT2D eigenvalue weighted by Gasteiger charge is 2.34. The standard InChI is InChI=1S/C34H34F8O/c1-2-3-22-11-12-23(32(38)31(22)37)6-4-19-5-14-26-25(16-19)18-28(36)30(33(26)39)21-9-7-20(8-10-21)24-13-15-29(27(35)17-24)43-34(40,41)42/h11-13,15,17-21H,2-10,14,16H2,1H3. The molecule has 0 N–H and O–H groups in total. The molecule has 5 rings (SSSR count). The predicted molar refractivity (Wildman–Crippen MR) is 148 cm³/mol. The zero-order chi connectivity index (χ0) is 30.9. The molecule has 2 aliphatic rings. The number of hydrogen-bond donors (Lipinski definition) is 0. The summed E-state index contributed by atoms with van der Waals surface area (Å²) in [6.07, 6.45) is 0.645. The van der Waals surface area contributed by atoms with Crippen molar-refractivity contribution >= 4 is 0 Å². The van der Waals surface area contributed by atoms with Crippen LogP contribution in [0.15, 0.2) is 36.4 Å². The lowest BCUT2D eigenvalue weighted by Gasteiger charge is -2.32. The van der Waals surface area contributed by atoms with E-state index in [2.05, 4.69) is 4.74 Å². The van der Waals surface area contributed by atoms with E-state index in [0.29, 0.717) is 92.0 Å². The zero-order valence-electron chi connectivity index (χ0n) is 23.9. The third kappa shape index (κ3) is 7.01. The summed E-state index contributed by atoms with van der Waals surface area (Å²) in [5.74, 6) is -5.12. The SMILES string of the molecule is CCCc1ccc(CCC2CCc3c(cc(F)c(C4CCC(c5ccc(OC(F)(F)F)c(F)c5)CC4)c3F)C2)c(F)c1F. The molecule has 0 spiro atoms. The molecule has 0 radical (unpaired) electrons. The van der Waals surface area contributed by atoms with Gasteiger partial charge in [-0.2, -0.15) is 0 Å². The van der Waals surface area contributed by atoms with E-state index in [-0.39, 0.29) is 23.3 Å². The van der Waals surface area contributed by atoms with Crippen LogP contribution in [0.5, 0.6) is 5.75 Å². The van der Waals surface area contributed by atoms with Gasteiger partial charge < -0.3 is 4.74 Å². The van der Waals surface area contributed by atoms with Crippen molar-refractivity contribution in [3.05, 3.63) is 98.9 Å². The number of alkyl halides is 3. The molecule has 0 bridgehead atoms. The highest BCUT2D eigenvalue weighted by Crippen LogP contribution is 2.44. The second-order valence-corrected chi connectivity index (χ2v) is 11.9. The lowest BCUT2D eigenvalue weighted by Crippen LogP contribution is -2.21. The molecular formula is C34H34F8O. The number of aryl methyl sites for hydroxylation is 2. The number of fused-ring (bicyclic) bond motifs is 1. The van der Waals surface area contributed by atoms with Gasteiger partial charge in [0.25, 0.3) is 0 Å². The molecule has 0 amide bonds. The fourth-order valence-corrected chi connectivity index (χ4v) is 6.90. The highest BCUT2D eigenvalue weighted by atomic mass is 19.4. The Kier molecular flexibility index (Phi) is 9.37. The maximum absolute atomic E-state index is 15.7. The van der Waals surface area contributed by atoms with E-state index >= 15 is 8.78 Å². The van der Waals surface area contributed by atoms with Crippen molar-refractivity contribution < 1.29 is 39.9 Å². The van der Waals surface area contributed by atoms with Gasteiger partial charge in [0.1, 0.15) is 11.6 Å². The Balaban J connectivity index is 1.22. The van der Waals surface area contributed by atoms with E-state index in [1.807, 2.05) is 6.92 Å². The lowest BCUT2D eigenvalue weighted by atomic mass is 9.74. The Morgan fingerprint density at radius 1 is 0.744 bits per heavy atom. The Morgan fingerprint density at radius 2 is 1.40 bits per heavy atom. The van der Waals surface area contributed by atoms with E-state index in [9.17, 15) is 26.3 Å². The van der Waals surface area contributed by atoms with E-state index in [4.69, 9.17) is 0 Å². The van der Waals surface area contributed by atoms with Crippen molar-refractivity contribution in [3.8, 4) is 5.75 Å². The summed E-state index contributed by atoms with van der Waals surface area (Å²) in [4.78, 5) is 0. The molecule has 43 heavy (non-hydrogen) atoms. The Labute approximate surface area is 246 Å². The van der Waals surface area contributed by atoms with Crippen molar-refractivity contribution in [1.29, 1.82) is 0 Å². The predicted octanol–water partition coefficient (Wildman–Crippen LogP) is 10.4. The number of benzene rings is 3. The summed E-state index contributed by atoms with van der Waals surface area (Å²) in [5, 5.41) is 0. The molecule has 0 saturated heterocycles. The van der Waals surface area contributed by atoms with Crippen LogP contribution in [0, 0.1) is 35.0 Å². The molecule has 1 unspecified atom stereocenters. The van der Waals surface area contributed by atoms with Gasteiger partial charge in [0.2, 0.25) is 0 Å². The van der Waals surface area contributed by atoms with Gasteiger partial charge >= 0.3 is 6.36 Å². The number of hydrogen-bond acceptors (Lipinski definition) is 1. The summed E-state index contributed by atoms with van der Waals surface area (Å²) < 4.78 is 115. The van der Waals surface area contributed by atoms with Crippen LogP contribution in [0.3, 0.4) is 0 Å². The summed E-state index contributed by atoms with van der Waals surface area (Å²) in [6.45, 7) is 1.90. The maximum Gasteiger partial charge on any atom is 0.573 e. The molecule has 0 aromatic heterocycles. The van der Waals surface area contributed by atoms with E-state index < -0.39 is 41.2 Å². The van der Waals surface area contributed by atoms with Crippen molar-refractivity contribution in [3.63, 3.8) is 0 Å². The van der Waals surface area contributed by atoms with Gasteiger partial charge in [0.05, 0.1) is 0 Å². The van der Waals surface area contributed by atoms with Crippen molar-refractivity contribution in [2.45, 2.75) is 95.8 Å². The third-order valence-electron chi connectivity index (χ3n) is 9.13. The Hall–Kier alpha value is -3.10. The quantitative estimate of drug-likeness (QED) is 0.231. The van der Waals surface area contributed by atoms with Crippen molar-refractivity contribution in [2.24, 2.45) is 5.92 Å². The van der Waals surface area contributed by atoms with Crippen LogP contribution in [-0.2, 0) is 25.7 Å². The third-order valence-corrected chi connectivity index (χ3v) is 9.13. The molecule has 9 heteroatoms. The van der Waals surface area contributed by atoms with Crippen LogP contribution in [0.4, 0.5) is 35.1 Å². The minimum atomic E-state index is -4.99. The summed E-state index contributed by atoms with van der Waals surface area (Å²) in [5.41, 5.74) is 2.42. The molecule has 0 heterocycles. The monoisotopic (exact) mass is 610 g/mol. The van der Waals surface area contributed by atoms with Gasteiger partial charge in [-0.25, -0.2) is 22.0 Å². The molecule has 0 aliphatic heterocycles. The molecule has 2 aliphatic carbocycles. The van der Waals surface area contributed by atoms with Crippen LogP contribution in [0.2, 0.25) is 0 Å². The van der Waals surface area contributed by atoms with Crippen LogP contribution < -0.4 is 4.74 Å². The van der Waals surface area contributed by atoms with Gasteiger partial charge in [0.15, 0.2) is 23.2 Å². The van der Waals surface area contributed by atoms with Crippen molar-refractivity contribution in [1.82, 2.24) is 0 Å². The maximum atomic E-state index is 15.7.